The highest BCUT2D eigenvalue weighted by molar-refractivity contribution is 5.94. The van der Waals surface area contributed by atoms with Gasteiger partial charge in [0.15, 0.2) is 0 Å². The van der Waals surface area contributed by atoms with Gasteiger partial charge in [0.2, 0.25) is 0 Å². The average Bonchev–Trinajstić information content (AvgIpc) is 3.14. The molecule has 0 aliphatic heterocycles. The first-order chi connectivity index (χ1) is 12.6. The summed E-state index contributed by atoms with van der Waals surface area (Å²) in [4.78, 5) is 22.0. The van der Waals surface area contributed by atoms with Gasteiger partial charge in [-0.1, -0.05) is 42.5 Å². The maximum absolute atomic E-state index is 12.1. The number of carbonyl (C=O) groups excluding carboxylic acids is 1. The van der Waals surface area contributed by atoms with E-state index in [9.17, 15) is 20.0 Å². The van der Waals surface area contributed by atoms with Gasteiger partial charge in [0.05, 0.1) is 16.8 Å². The summed E-state index contributed by atoms with van der Waals surface area (Å²) >= 11 is 0. The van der Waals surface area contributed by atoms with E-state index in [1.165, 1.54) is 12.1 Å². The minimum atomic E-state index is -0.775. The minimum Gasteiger partial charge on any atom is -0.867 e. The SMILES string of the molecule is O=C(N/N=C\c1cccc([N+](=O)[O-])c1[O-])c1cc(-c2ccccc2)n[nH]1. The number of hydrogen-bond acceptors (Lipinski definition) is 6. The molecule has 0 unspecified atom stereocenters. The van der Waals surface area contributed by atoms with Crippen molar-refractivity contribution < 1.29 is 14.8 Å². The van der Waals surface area contributed by atoms with E-state index in [-0.39, 0.29) is 11.3 Å². The van der Waals surface area contributed by atoms with Gasteiger partial charge < -0.3 is 5.11 Å². The van der Waals surface area contributed by atoms with Gasteiger partial charge in [-0.05, 0) is 17.4 Å². The maximum atomic E-state index is 12.1. The molecule has 0 atom stereocenters. The molecule has 0 bridgehead atoms. The summed E-state index contributed by atoms with van der Waals surface area (Å²) in [5.41, 5.74) is 3.31. The first kappa shape index (κ1) is 16.8. The Morgan fingerprint density at radius 1 is 1.19 bits per heavy atom. The molecule has 1 heterocycles. The molecule has 2 aromatic carbocycles. The summed E-state index contributed by atoms with van der Waals surface area (Å²) in [5, 5.41) is 32.9. The van der Waals surface area contributed by atoms with Gasteiger partial charge in [-0.15, -0.1) is 0 Å². The van der Waals surface area contributed by atoms with E-state index in [2.05, 4.69) is 20.7 Å². The number of aromatic nitrogens is 2. The quantitative estimate of drug-likeness (QED) is 0.411. The van der Waals surface area contributed by atoms with Crippen LogP contribution >= 0.6 is 0 Å². The molecular weight excluding hydrogens is 338 g/mol. The fourth-order valence-electron chi connectivity index (χ4n) is 2.20. The Morgan fingerprint density at radius 2 is 1.96 bits per heavy atom. The molecule has 0 fully saturated rings. The van der Waals surface area contributed by atoms with Gasteiger partial charge in [-0.3, -0.25) is 20.0 Å². The van der Waals surface area contributed by atoms with Crippen LogP contribution in [0.15, 0.2) is 59.7 Å². The van der Waals surface area contributed by atoms with E-state index in [1.54, 1.807) is 6.07 Å². The van der Waals surface area contributed by atoms with Crippen LogP contribution < -0.4 is 10.5 Å². The number of benzene rings is 2. The van der Waals surface area contributed by atoms with Crippen molar-refractivity contribution in [2.45, 2.75) is 0 Å². The number of nitro benzene ring substituents is 1. The lowest BCUT2D eigenvalue weighted by molar-refractivity contribution is -0.398. The van der Waals surface area contributed by atoms with Gasteiger partial charge in [0.1, 0.15) is 5.69 Å². The molecule has 2 N–H and O–H groups in total. The molecule has 26 heavy (non-hydrogen) atoms. The molecule has 1 amide bonds. The molecule has 3 rings (SSSR count). The fraction of sp³-hybridized carbons (Fsp3) is 0. The number of hydrogen-bond donors (Lipinski definition) is 2. The Balaban J connectivity index is 1.70. The van der Waals surface area contributed by atoms with E-state index in [0.717, 1.165) is 17.8 Å². The summed E-state index contributed by atoms with van der Waals surface area (Å²) in [6.45, 7) is 0. The predicted octanol–water partition coefficient (Wildman–Crippen LogP) is 1.82. The summed E-state index contributed by atoms with van der Waals surface area (Å²) in [7, 11) is 0. The van der Waals surface area contributed by atoms with Crippen molar-refractivity contribution in [2.24, 2.45) is 5.10 Å². The molecule has 0 radical (unpaired) electrons. The average molecular weight is 350 g/mol. The molecule has 0 spiro atoms. The number of carbonyl (C=O) groups is 1. The highest BCUT2D eigenvalue weighted by Crippen LogP contribution is 2.25. The molecule has 9 heteroatoms. The number of aromatic amines is 1. The van der Waals surface area contributed by atoms with Crippen molar-refractivity contribution in [3.8, 4) is 17.0 Å². The minimum absolute atomic E-state index is 0.00548. The second-order valence-corrected chi connectivity index (χ2v) is 5.18. The van der Waals surface area contributed by atoms with E-state index in [1.807, 2.05) is 30.3 Å². The number of H-pyrrole nitrogens is 1. The Bertz CT molecular complexity index is 982. The predicted molar refractivity (Wildman–Crippen MR) is 91.6 cm³/mol. The van der Waals surface area contributed by atoms with Crippen molar-refractivity contribution >= 4 is 17.8 Å². The lowest BCUT2D eigenvalue weighted by atomic mass is 10.1. The van der Waals surface area contributed by atoms with Crippen LogP contribution in [0.5, 0.6) is 5.75 Å². The monoisotopic (exact) mass is 350 g/mol. The van der Waals surface area contributed by atoms with E-state index < -0.39 is 22.3 Å². The molecule has 0 saturated carbocycles. The third-order valence-electron chi connectivity index (χ3n) is 3.48. The van der Waals surface area contributed by atoms with Crippen LogP contribution in [0.4, 0.5) is 5.69 Å². The number of nitro groups is 1. The second-order valence-electron chi connectivity index (χ2n) is 5.18. The smallest absolute Gasteiger partial charge is 0.289 e. The summed E-state index contributed by atoms with van der Waals surface area (Å²) < 4.78 is 0. The lowest BCUT2D eigenvalue weighted by Crippen LogP contribution is -2.18. The molecule has 9 nitrogen and oxygen atoms in total. The second kappa shape index (κ2) is 7.26. The van der Waals surface area contributed by atoms with Crippen molar-refractivity contribution in [1.82, 2.24) is 15.6 Å². The Labute approximate surface area is 147 Å². The molecule has 130 valence electrons. The number of para-hydroxylation sites is 1. The standard InChI is InChI=1S/C17H13N5O4/c23-16-12(7-4-8-15(16)22(25)26)10-18-21-17(24)14-9-13(19-20-14)11-5-2-1-3-6-11/h1-10,23H,(H,19,20)(H,21,24)/p-1/b18-10-. The Hall–Kier alpha value is -4.01. The van der Waals surface area contributed by atoms with Crippen LogP contribution in [0, 0.1) is 10.1 Å². The number of nitrogens with one attached hydrogen (secondary N) is 2. The summed E-state index contributed by atoms with van der Waals surface area (Å²) in [6.07, 6.45) is 1.06. The van der Waals surface area contributed by atoms with E-state index in [0.29, 0.717) is 5.69 Å². The first-order valence-electron chi connectivity index (χ1n) is 7.45. The van der Waals surface area contributed by atoms with Crippen LogP contribution in [0.25, 0.3) is 11.3 Å². The van der Waals surface area contributed by atoms with Crippen LogP contribution in [0.3, 0.4) is 0 Å². The zero-order valence-electron chi connectivity index (χ0n) is 13.2. The number of hydrazone groups is 1. The highest BCUT2D eigenvalue weighted by atomic mass is 16.6. The molecule has 1 aromatic heterocycles. The zero-order chi connectivity index (χ0) is 18.5. The molecule has 3 aromatic rings. The number of amides is 1. The number of nitrogens with zero attached hydrogens (tertiary/aromatic N) is 3. The normalized spacial score (nSPS) is 10.8. The highest BCUT2D eigenvalue weighted by Gasteiger charge is 2.11. The Kier molecular flexibility index (Phi) is 4.70. The summed E-state index contributed by atoms with van der Waals surface area (Å²) in [5.74, 6) is -1.34. The van der Waals surface area contributed by atoms with E-state index in [4.69, 9.17) is 0 Å². The summed E-state index contributed by atoms with van der Waals surface area (Å²) in [6, 6.07) is 14.7. The van der Waals surface area contributed by atoms with Crippen LogP contribution in [0.2, 0.25) is 0 Å². The molecular formula is C17H12N5O4-. The number of rotatable bonds is 5. The fourth-order valence-corrected chi connectivity index (χ4v) is 2.20. The first-order valence-corrected chi connectivity index (χ1v) is 7.45. The van der Waals surface area contributed by atoms with Crippen LogP contribution in [-0.4, -0.2) is 27.2 Å². The van der Waals surface area contributed by atoms with Gasteiger partial charge in [0.25, 0.3) is 11.6 Å². The molecule has 0 aliphatic carbocycles. The van der Waals surface area contributed by atoms with Crippen molar-refractivity contribution in [1.29, 1.82) is 0 Å². The third kappa shape index (κ3) is 3.56. The van der Waals surface area contributed by atoms with E-state index >= 15 is 0 Å². The Morgan fingerprint density at radius 3 is 2.69 bits per heavy atom. The van der Waals surface area contributed by atoms with Crippen molar-refractivity contribution in [3.63, 3.8) is 0 Å². The van der Waals surface area contributed by atoms with Crippen LogP contribution in [0.1, 0.15) is 16.1 Å². The topological polar surface area (TPSA) is 136 Å². The zero-order valence-corrected chi connectivity index (χ0v) is 13.2. The van der Waals surface area contributed by atoms with Gasteiger partial charge in [0, 0.05) is 11.6 Å². The van der Waals surface area contributed by atoms with Crippen molar-refractivity contribution in [2.75, 3.05) is 0 Å². The van der Waals surface area contributed by atoms with Crippen molar-refractivity contribution in [3.05, 3.63) is 76.0 Å². The maximum Gasteiger partial charge on any atom is 0.289 e. The largest absolute Gasteiger partial charge is 0.867 e. The van der Waals surface area contributed by atoms with Gasteiger partial charge >= 0.3 is 0 Å². The third-order valence-corrected chi connectivity index (χ3v) is 3.48. The van der Waals surface area contributed by atoms with Gasteiger partial charge in [-0.2, -0.15) is 10.2 Å². The molecule has 0 aliphatic rings. The lowest BCUT2D eigenvalue weighted by Gasteiger charge is -2.09. The van der Waals surface area contributed by atoms with Crippen LogP contribution in [-0.2, 0) is 0 Å². The van der Waals surface area contributed by atoms with Gasteiger partial charge in [-0.25, -0.2) is 5.43 Å². The molecule has 0 saturated heterocycles.